The summed E-state index contributed by atoms with van der Waals surface area (Å²) in [6, 6.07) is 13.0. The zero-order valence-corrected chi connectivity index (χ0v) is 11.4. The van der Waals surface area contributed by atoms with Crippen LogP contribution in [0.25, 0.3) is 0 Å². The van der Waals surface area contributed by atoms with Gasteiger partial charge in [-0.2, -0.15) is 0 Å². The lowest BCUT2D eigenvalue weighted by molar-refractivity contribution is -0.127. The molecule has 0 radical (unpaired) electrons. The molecule has 0 saturated heterocycles. The number of ether oxygens (including phenoxy) is 1. The van der Waals surface area contributed by atoms with Gasteiger partial charge in [-0.15, -0.1) is 0 Å². The number of nitrogens with two attached hydrogens (primary N) is 1. The number of carbonyl (C=O) groups is 2. The van der Waals surface area contributed by atoms with E-state index in [2.05, 4.69) is 0 Å². The Morgan fingerprint density at radius 2 is 1.81 bits per heavy atom. The average Bonchev–Trinajstić information content (AvgIpc) is 2.47. The summed E-state index contributed by atoms with van der Waals surface area (Å²) < 4.78 is 5.15. The molecule has 0 unspecified atom stereocenters. The first-order chi connectivity index (χ1) is 9.99. The van der Waals surface area contributed by atoms with E-state index in [-0.39, 0.29) is 11.3 Å². The van der Waals surface area contributed by atoms with Gasteiger partial charge in [0.05, 0.1) is 0 Å². The standard InChI is InChI=1S/C16H15NO4/c1-10-7-8-13(18)12(9-10)16(20)21-14(15(17)19)11-5-3-2-4-6-11/h2-9,14,18H,1H3,(H2,17,19)/t14-/m1/s1. The first-order valence-electron chi connectivity index (χ1n) is 6.34. The fourth-order valence-electron chi connectivity index (χ4n) is 1.90. The molecule has 2 aromatic carbocycles. The van der Waals surface area contributed by atoms with Gasteiger partial charge in [0.1, 0.15) is 11.3 Å². The number of hydrogen-bond acceptors (Lipinski definition) is 4. The van der Waals surface area contributed by atoms with Gasteiger partial charge in [0.15, 0.2) is 0 Å². The zero-order valence-electron chi connectivity index (χ0n) is 11.4. The maximum atomic E-state index is 12.1. The van der Waals surface area contributed by atoms with Gasteiger partial charge in [-0.3, -0.25) is 4.79 Å². The molecule has 5 nitrogen and oxygen atoms in total. The largest absolute Gasteiger partial charge is 0.507 e. The molecule has 2 rings (SSSR count). The number of benzene rings is 2. The van der Waals surface area contributed by atoms with E-state index in [4.69, 9.17) is 10.5 Å². The van der Waals surface area contributed by atoms with Gasteiger partial charge in [0.2, 0.25) is 6.10 Å². The minimum Gasteiger partial charge on any atom is -0.507 e. The summed E-state index contributed by atoms with van der Waals surface area (Å²) in [6.07, 6.45) is -1.20. The quantitative estimate of drug-likeness (QED) is 0.842. The number of phenolic OH excluding ortho intramolecular Hbond substituents is 1. The third kappa shape index (κ3) is 3.39. The monoisotopic (exact) mass is 285 g/mol. The number of primary amides is 1. The number of amides is 1. The van der Waals surface area contributed by atoms with E-state index in [1.165, 1.54) is 12.1 Å². The Morgan fingerprint density at radius 1 is 1.14 bits per heavy atom. The third-order valence-electron chi connectivity index (χ3n) is 2.96. The van der Waals surface area contributed by atoms with Crippen molar-refractivity contribution in [3.05, 3.63) is 65.2 Å². The Kier molecular flexibility index (Phi) is 4.23. The Bertz CT molecular complexity index is 667. The van der Waals surface area contributed by atoms with E-state index in [1.54, 1.807) is 43.3 Å². The van der Waals surface area contributed by atoms with Crippen molar-refractivity contribution in [2.45, 2.75) is 13.0 Å². The van der Waals surface area contributed by atoms with Crippen LogP contribution < -0.4 is 5.73 Å². The summed E-state index contributed by atoms with van der Waals surface area (Å²) >= 11 is 0. The van der Waals surface area contributed by atoms with Gasteiger partial charge in [-0.05, 0) is 19.1 Å². The van der Waals surface area contributed by atoms with Crippen molar-refractivity contribution in [1.29, 1.82) is 0 Å². The highest BCUT2D eigenvalue weighted by molar-refractivity contribution is 5.94. The second-order valence-electron chi connectivity index (χ2n) is 4.62. The van der Waals surface area contributed by atoms with Gasteiger partial charge >= 0.3 is 5.97 Å². The molecule has 0 bridgehead atoms. The number of phenols is 1. The predicted molar refractivity (Wildman–Crippen MR) is 76.6 cm³/mol. The Balaban J connectivity index is 2.27. The van der Waals surface area contributed by atoms with E-state index in [1.807, 2.05) is 0 Å². The molecule has 0 aromatic heterocycles. The van der Waals surface area contributed by atoms with Crippen molar-refractivity contribution in [3.8, 4) is 5.75 Å². The van der Waals surface area contributed by atoms with Crippen molar-refractivity contribution in [2.75, 3.05) is 0 Å². The van der Waals surface area contributed by atoms with Crippen molar-refractivity contribution < 1.29 is 19.4 Å². The molecule has 1 atom stereocenters. The Labute approximate surface area is 122 Å². The highest BCUT2D eigenvalue weighted by Gasteiger charge is 2.24. The number of aryl methyl sites for hydroxylation is 1. The second kappa shape index (κ2) is 6.09. The van der Waals surface area contributed by atoms with Gasteiger partial charge in [0.25, 0.3) is 5.91 Å². The van der Waals surface area contributed by atoms with E-state index in [0.29, 0.717) is 5.56 Å². The lowest BCUT2D eigenvalue weighted by atomic mass is 10.1. The number of aromatic hydroxyl groups is 1. The lowest BCUT2D eigenvalue weighted by Crippen LogP contribution is -2.26. The topological polar surface area (TPSA) is 89.6 Å². The average molecular weight is 285 g/mol. The van der Waals surface area contributed by atoms with Crippen LogP contribution in [0.15, 0.2) is 48.5 Å². The maximum absolute atomic E-state index is 12.1. The normalized spacial score (nSPS) is 11.7. The molecule has 21 heavy (non-hydrogen) atoms. The van der Waals surface area contributed by atoms with Crippen LogP contribution in [-0.2, 0) is 9.53 Å². The molecule has 108 valence electrons. The van der Waals surface area contributed by atoms with Crippen LogP contribution in [0.2, 0.25) is 0 Å². The molecule has 0 aliphatic carbocycles. The molecule has 5 heteroatoms. The van der Waals surface area contributed by atoms with Gasteiger partial charge in [0, 0.05) is 5.56 Å². The highest BCUT2D eigenvalue weighted by Crippen LogP contribution is 2.23. The van der Waals surface area contributed by atoms with Crippen LogP contribution in [0, 0.1) is 6.92 Å². The van der Waals surface area contributed by atoms with Crippen molar-refractivity contribution >= 4 is 11.9 Å². The summed E-state index contributed by atoms with van der Waals surface area (Å²) in [6.45, 7) is 1.78. The lowest BCUT2D eigenvalue weighted by Gasteiger charge is -2.15. The SMILES string of the molecule is Cc1ccc(O)c(C(=O)O[C@@H](C(N)=O)c2ccccc2)c1. The molecular weight excluding hydrogens is 270 g/mol. The molecular formula is C16H15NO4. The molecule has 0 heterocycles. The number of rotatable bonds is 4. The molecule has 0 spiro atoms. The first-order valence-corrected chi connectivity index (χ1v) is 6.34. The van der Waals surface area contributed by atoms with Gasteiger partial charge < -0.3 is 15.6 Å². The smallest absolute Gasteiger partial charge is 0.343 e. The maximum Gasteiger partial charge on any atom is 0.343 e. The number of carbonyl (C=O) groups excluding carboxylic acids is 2. The Morgan fingerprint density at radius 3 is 2.43 bits per heavy atom. The zero-order chi connectivity index (χ0) is 15.4. The fourth-order valence-corrected chi connectivity index (χ4v) is 1.90. The number of esters is 1. The van der Waals surface area contributed by atoms with E-state index >= 15 is 0 Å². The van der Waals surface area contributed by atoms with Gasteiger partial charge in [-0.1, -0.05) is 42.0 Å². The summed E-state index contributed by atoms with van der Waals surface area (Å²) in [5.74, 6) is -1.78. The summed E-state index contributed by atoms with van der Waals surface area (Å²) in [7, 11) is 0. The van der Waals surface area contributed by atoms with Crippen molar-refractivity contribution in [2.24, 2.45) is 5.73 Å². The van der Waals surface area contributed by atoms with Crippen LogP contribution in [-0.4, -0.2) is 17.0 Å². The van der Waals surface area contributed by atoms with Crippen LogP contribution in [0.3, 0.4) is 0 Å². The van der Waals surface area contributed by atoms with Crippen molar-refractivity contribution in [3.63, 3.8) is 0 Å². The molecule has 0 aliphatic rings. The Hall–Kier alpha value is -2.82. The molecule has 0 saturated carbocycles. The first kappa shape index (κ1) is 14.6. The van der Waals surface area contributed by atoms with Crippen LogP contribution in [0.1, 0.15) is 27.6 Å². The van der Waals surface area contributed by atoms with E-state index in [9.17, 15) is 14.7 Å². The van der Waals surface area contributed by atoms with Crippen LogP contribution in [0.5, 0.6) is 5.75 Å². The molecule has 0 aliphatic heterocycles. The fraction of sp³-hybridized carbons (Fsp3) is 0.125. The second-order valence-corrected chi connectivity index (χ2v) is 4.62. The number of hydrogen-bond donors (Lipinski definition) is 2. The molecule has 2 aromatic rings. The minimum absolute atomic E-state index is 0.00261. The van der Waals surface area contributed by atoms with Crippen LogP contribution in [0.4, 0.5) is 0 Å². The summed E-state index contributed by atoms with van der Waals surface area (Å²) in [4.78, 5) is 23.6. The van der Waals surface area contributed by atoms with Crippen LogP contribution >= 0.6 is 0 Å². The predicted octanol–water partition coefficient (Wildman–Crippen LogP) is 2.08. The van der Waals surface area contributed by atoms with E-state index < -0.39 is 18.0 Å². The third-order valence-corrected chi connectivity index (χ3v) is 2.96. The highest BCUT2D eigenvalue weighted by atomic mass is 16.5. The molecule has 1 amide bonds. The van der Waals surface area contributed by atoms with E-state index in [0.717, 1.165) is 5.56 Å². The van der Waals surface area contributed by atoms with Gasteiger partial charge in [-0.25, -0.2) is 4.79 Å². The summed E-state index contributed by atoms with van der Waals surface area (Å²) in [5, 5.41) is 9.71. The van der Waals surface area contributed by atoms with Crippen molar-refractivity contribution in [1.82, 2.24) is 0 Å². The minimum atomic E-state index is -1.20. The summed E-state index contributed by atoms with van der Waals surface area (Å²) in [5.41, 5.74) is 6.55. The molecule has 3 N–H and O–H groups in total. The molecule has 0 fully saturated rings.